The van der Waals surface area contributed by atoms with Crippen LogP contribution >= 0.6 is 0 Å². The number of nitrogens with one attached hydrogen (secondary N) is 1. The van der Waals surface area contributed by atoms with Crippen molar-refractivity contribution in [1.82, 2.24) is 19.6 Å². The van der Waals surface area contributed by atoms with Crippen molar-refractivity contribution in [2.45, 2.75) is 45.4 Å². The first-order valence-electron chi connectivity index (χ1n) is 10.6. The van der Waals surface area contributed by atoms with Gasteiger partial charge in [-0.25, -0.2) is 0 Å². The van der Waals surface area contributed by atoms with Gasteiger partial charge < -0.3 is 9.80 Å². The molecule has 1 aromatic heterocycles. The van der Waals surface area contributed by atoms with E-state index in [9.17, 15) is 8.76 Å². The van der Waals surface area contributed by atoms with Gasteiger partial charge in [0.2, 0.25) is 4.90 Å². The second-order valence-corrected chi connectivity index (χ2v) is 10.3. The quantitative estimate of drug-likeness (QED) is 0.655. The van der Waals surface area contributed by atoms with Gasteiger partial charge in [0.05, 0.1) is 11.4 Å². The Bertz CT molecular complexity index is 924. The summed E-state index contributed by atoms with van der Waals surface area (Å²) >= 11 is 0. The summed E-state index contributed by atoms with van der Waals surface area (Å²) in [6, 6.07) is 4.12. The fourth-order valence-electron chi connectivity index (χ4n) is 4.31. The summed E-state index contributed by atoms with van der Waals surface area (Å²) < 4.78 is 28.7. The van der Waals surface area contributed by atoms with E-state index in [-0.39, 0.29) is 0 Å². The highest BCUT2D eigenvalue weighted by atomic mass is 32.3. The topological polar surface area (TPSA) is 73.6 Å². The first-order chi connectivity index (χ1) is 14.1. The molecule has 30 heavy (non-hydrogen) atoms. The minimum atomic E-state index is -3.43. The van der Waals surface area contributed by atoms with E-state index in [0.29, 0.717) is 16.3 Å². The van der Waals surface area contributed by atoms with Crippen LogP contribution < -0.4 is 4.72 Å². The van der Waals surface area contributed by atoms with E-state index in [4.69, 9.17) is 0 Å². The molecule has 0 saturated carbocycles. The summed E-state index contributed by atoms with van der Waals surface area (Å²) in [6.07, 6.45) is 2.08. The molecular weight excluding hydrogens is 398 g/mol. The number of piperazine rings is 1. The zero-order chi connectivity index (χ0) is 22.1. The Morgan fingerprint density at radius 2 is 1.67 bits per heavy atom. The van der Waals surface area contributed by atoms with Crippen molar-refractivity contribution in [2.24, 2.45) is 7.05 Å². The average Bonchev–Trinajstić information content (AvgIpc) is 2.88. The highest BCUT2D eigenvalue weighted by molar-refractivity contribution is 7.99. The smallest absolute Gasteiger partial charge is 0.304 e. The van der Waals surface area contributed by atoms with Gasteiger partial charge in [-0.15, -0.1) is 0 Å². The SMILES string of the molecule is Cc1cc(CCCN2CCN(C)CC2)cc(C)c1[S+](=O)(O)Nc1c(C)nn(C)c1C. The largest absolute Gasteiger partial charge is 0.346 e. The Kier molecular flexibility index (Phi) is 7.02. The molecule has 1 fully saturated rings. The molecule has 1 aliphatic rings. The molecule has 2 aromatic rings. The lowest BCUT2D eigenvalue weighted by atomic mass is 10.0. The Balaban J connectivity index is 1.69. The van der Waals surface area contributed by atoms with Crippen LogP contribution in [0.25, 0.3) is 0 Å². The van der Waals surface area contributed by atoms with E-state index in [1.54, 1.807) is 4.68 Å². The number of nitrogens with zero attached hydrogens (tertiary/aromatic N) is 4. The Hall–Kier alpha value is -1.74. The maximum absolute atomic E-state index is 13.3. The number of benzene rings is 1. The lowest BCUT2D eigenvalue weighted by molar-refractivity contribution is 0.153. The van der Waals surface area contributed by atoms with E-state index in [1.165, 1.54) is 5.56 Å². The van der Waals surface area contributed by atoms with Crippen molar-refractivity contribution in [3.63, 3.8) is 0 Å². The number of aromatic nitrogens is 2. The monoisotopic (exact) mass is 434 g/mol. The van der Waals surface area contributed by atoms with E-state index < -0.39 is 10.4 Å². The average molecular weight is 435 g/mol. The maximum Gasteiger partial charge on any atom is 0.346 e. The molecule has 8 heteroatoms. The van der Waals surface area contributed by atoms with E-state index in [0.717, 1.165) is 62.4 Å². The summed E-state index contributed by atoms with van der Waals surface area (Å²) in [5, 5.41) is 4.33. The van der Waals surface area contributed by atoms with Gasteiger partial charge in [-0.3, -0.25) is 4.68 Å². The number of anilines is 1. The van der Waals surface area contributed by atoms with Gasteiger partial charge in [0.25, 0.3) is 0 Å². The number of hydrogen-bond donors (Lipinski definition) is 2. The van der Waals surface area contributed by atoms with Crippen molar-refractivity contribution >= 4 is 16.1 Å². The highest BCUT2D eigenvalue weighted by Gasteiger charge is 2.35. The van der Waals surface area contributed by atoms with Gasteiger partial charge in [0.15, 0.2) is 0 Å². The van der Waals surface area contributed by atoms with Gasteiger partial charge >= 0.3 is 10.4 Å². The molecule has 2 heterocycles. The summed E-state index contributed by atoms with van der Waals surface area (Å²) in [5.74, 6) is 0. The number of aryl methyl sites for hydroxylation is 5. The van der Waals surface area contributed by atoms with Gasteiger partial charge in [-0.1, -0.05) is 12.1 Å². The zero-order valence-electron chi connectivity index (χ0n) is 19.2. The normalized spacial score (nSPS) is 17.8. The van der Waals surface area contributed by atoms with E-state index in [2.05, 4.69) is 38.8 Å². The van der Waals surface area contributed by atoms with Crippen molar-refractivity contribution in [3.8, 4) is 0 Å². The predicted octanol–water partition coefficient (Wildman–Crippen LogP) is 3.19. The van der Waals surface area contributed by atoms with Crippen LogP contribution in [0.4, 0.5) is 5.69 Å². The Labute approximate surface area is 181 Å². The van der Waals surface area contributed by atoms with Crippen LogP contribution in [-0.2, 0) is 28.1 Å². The lowest BCUT2D eigenvalue weighted by Gasteiger charge is -2.32. The molecule has 0 aliphatic carbocycles. The molecule has 2 N–H and O–H groups in total. The molecule has 166 valence electrons. The second kappa shape index (κ2) is 9.18. The van der Waals surface area contributed by atoms with Crippen LogP contribution in [0, 0.1) is 27.7 Å². The van der Waals surface area contributed by atoms with Gasteiger partial charge in [-0.05, 0) is 63.9 Å². The van der Waals surface area contributed by atoms with Crippen LogP contribution in [0.1, 0.15) is 34.5 Å². The van der Waals surface area contributed by atoms with Crippen LogP contribution in [-0.4, -0.2) is 63.9 Å². The van der Waals surface area contributed by atoms with Crippen molar-refractivity contribution in [2.75, 3.05) is 44.5 Å². The zero-order valence-corrected chi connectivity index (χ0v) is 20.0. The van der Waals surface area contributed by atoms with Crippen LogP contribution in [0.15, 0.2) is 17.0 Å². The molecule has 1 atom stereocenters. The fraction of sp³-hybridized carbons (Fsp3) is 0.591. The summed E-state index contributed by atoms with van der Waals surface area (Å²) in [4.78, 5) is 5.38. The Morgan fingerprint density at radius 3 is 2.20 bits per heavy atom. The first kappa shape index (κ1) is 22.9. The standard InChI is InChI=1S/C22H35N5O2S/c1-16-14-20(8-7-9-27-12-10-25(5)11-13-27)15-17(2)22(16)30(28,29)24-21-18(3)23-26(6)19(21)4/h14-15H,7-13H2,1-6H3,(H-,24,28,29)/p+1. The molecule has 0 radical (unpaired) electrons. The molecule has 1 unspecified atom stereocenters. The van der Waals surface area contributed by atoms with E-state index >= 15 is 0 Å². The second-order valence-electron chi connectivity index (χ2n) is 8.60. The minimum Gasteiger partial charge on any atom is -0.304 e. The summed E-state index contributed by atoms with van der Waals surface area (Å²) in [7, 11) is 0.577. The van der Waals surface area contributed by atoms with Crippen LogP contribution in [0.2, 0.25) is 0 Å². The third-order valence-electron chi connectivity index (χ3n) is 6.08. The van der Waals surface area contributed by atoms with Crippen LogP contribution in [0.3, 0.4) is 0 Å². The molecule has 7 nitrogen and oxygen atoms in total. The molecule has 1 saturated heterocycles. The Morgan fingerprint density at radius 1 is 1.07 bits per heavy atom. The maximum atomic E-state index is 13.3. The highest BCUT2D eigenvalue weighted by Crippen LogP contribution is 2.30. The fourth-order valence-corrected chi connectivity index (χ4v) is 5.97. The molecule has 3 rings (SSSR count). The molecule has 1 aliphatic heterocycles. The van der Waals surface area contributed by atoms with Crippen molar-refractivity contribution in [3.05, 3.63) is 40.2 Å². The van der Waals surface area contributed by atoms with Gasteiger partial charge in [-0.2, -0.15) is 14.4 Å². The van der Waals surface area contributed by atoms with E-state index in [1.807, 2.05) is 34.7 Å². The summed E-state index contributed by atoms with van der Waals surface area (Å²) in [5.41, 5.74) is 5.11. The lowest BCUT2D eigenvalue weighted by Crippen LogP contribution is -2.44. The molecule has 0 amide bonds. The number of likely N-dealkylation sites (N-methyl/N-ethyl adjacent to an activating group) is 1. The minimum absolute atomic E-state index is 0.480. The molecular formula is C22H36N5O2S+. The molecule has 0 spiro atoms. The third-order valence-corrected chi connectivity index (χ3v) is 7.76. The van der Waals surface area contributed by atoms with Crippen molar-refractivity contribution in [1.29, 1.82) is 0 Å². The number of hydrogen-bond acceptors (Lipinski definition) is 4. The van der Waals surface area contributed by atoms with Crippen LogP contribution in [0.5, 0.6) is 0 Å². The van der Waals surface area contributed by atoms with Gasteiger partial charge in [0.1, 0.15) is 5.69 Å². The first-order valence-corrected chi connectivity index (χ1v) is 12.2. The third kappa shape index (κ3) is 5.11. The molecule has 0 bridgehead atoms. The number of rotatable bonds is 7. The predicted molar refractivity (Wildman–Crippen MR) is 123 cm³/mol. The van der Waals surface area contributed by atoms with Crippen molar-refractivity contribution < 1.29 is 8.76 Å². The van der Waals surface area contributed by atoms with Gasteiger partial charge in [0, 0.05) is 44.4 Å². The molecule has 1 aromatic carbocycles. The summed E-state index contributed by atoms with van der Waals surface area (Å²) in [6.45, 7) is 13.2.